The SMILES string of the molecule is C=CCN1[C@@H](COCc2ccccc2)COC[C@@H]1CO. The molecule has 1 aromatic rings. The normalized spacial score (nSPS) is 23.6. The minimum absolute atomic E-state index is 0.0343. The van der Waals surface area contributed by atoms with E-state index in [2.05, 4.69) is 23.6 Å². The van der Waals surface area contributed by atoms with Gasteiger partial charge in [-0.05, 0) is 5.56 Å². The van der Waals surface area contributed by atoms with Gasteiger partial charge in [0.2, 0.25) is 0 Å². The largest absolute Gasteiger partial charge is 0.395 e. The molecule has 1 aliphatic rings. The molecule has 20 heavy (non-hydrogen) atoms. The van der Waals surface area contributed by atoms with E-state index in [4.69, 9.17) is 9.47 Å². The third kappa shape index (κ3) is 4.15. The van der Waals surface area contributed by atoms with Crippen molar-refractivity contribution in [2.24, 2.45) is 0 Å². The molecule has 0 bridgehead atoms. The minimum atomic E-state index is 0.0343. The average molecular weight is 277 g/mol. The van der Waals surface area contributed by atoms with Crippen LogP contribution in [0.1, 0.15) is 5.56 Å². The summed E-state index contributed by atoms with van der Waals surface area (Å²) in [5, 5.41) is 9.41. The first-order valence-electron chi connectivity index (χ1n) is 7.02. The van der Waals surface area contributed by atoms with Crippen molar-refractivity contribution in [3.05, 3.63) is 48.6 Å². The van der Waals surface area contributed by atoms with Gasteiger partial charge in [-0.3, -0.25) is 4.90 Å². The fraction of sp³-hybridized carbons (Fsp3) is 0.500. The summed E-state index contributed by atoms with van der Waals surface area (Å²) in [5.41, 5.74) is 1.17. The van der Waals surface area contributed by atoms with Crippen molar-refractivity contribution in [1.82, 2.24) is 4.90 Å². The number of hydrogen-bond acceptors (Lipinski definition) is 4. The molecule has 0 unspecified atom stereocenters. The smallest absolute Gasteiger partial charge is 0.0717 e. The average Bonchev–Trinajstić information content (AvgIpc) is 2.50. The predicted molar refractivity (Wildman–Crippen MR) is 78.5 cm³/mol. The van der Waals surface area contributed by atoms with Gasteiger partial charge in [0, 0.05) is 6.54 Å². The zero-order valence-electron chi connectivity index (χ0n) is 11.8. The summed E-state index contributed by atoms with van der Waals surface area (Å²) in [6.07, 6.45) is 1.86. The molecule has 1 saturated heterocycles. The zero-order valence-corrected chi connectivity index (χ0v) is 11.8. The molecular weight excluding hydrogens is 254 g/mol. The third-order valence-corrected chi connectivity index (χ3v) is 3.53. The molecule has 0 aromatic heterocycles. The van der Waals surface area contributed by atoms with E-state index in [0.717, 1.165) is 6.54 Å². The lowest BCUT2D eigenvalue weighted by molar-refractivity contribution is -0.0852. The molecule has 2 rings (SSSR count). The molecular formula is C16H23NO3. The molecule has 4 heteroatoms. The molecule has 110 valence electrons. The standard InChI is InChI=1S/C16H23NO3/c1-2-8-17-15(9-18)11-20-13-16(17)12-19-10-14-6-4-3-5-7-14/h2-7,15-16,18H,1,8-13H2/t15-,16-/m0/s1. The Morgan fingerprint density at radius 2 is 2.05 bits per heavy atom. The van der Waals surface area contributed by atoms with Crippen molar-refractivity contribution in [1.29, 1.82) is 0 Å². The van der Waals surface area contributed by atoms with E-state index in [1.165, 1.54) is 5.56 Å². The lowest BCUT2D eigenvalue weighted by Crippen LogP contribution is -2.55. The summed E-state index contributed by atoms with van der Waals surface area (Å²) >= 11 is 0. The van der Waals surface area contributed by atoms with Crippen molar-refractivity contribution in [3.63, 3.8) is 0 Å². The molecule has 0 saturated carbocycles. The highest BCUT2D eigenvalue weighted by molar-refractivity contribution is 5.13. The number of aliphatic hydroxyl groups is 1. The molecule has 0 radical (unpaired) electrons. The van der Waals surface area contributed by atoms with Gasteiger partial charge < -0.3 is 14.6 Å². The third-order valence-electron chi connectivity index (χ3n) is 3.53. The van der Waals surface area contributed by atoms with Gasteiger partial charge in [-0.25, -0.2) is 0 Å². The fourth-order valence-corrected chi connectivity index (χ4v) is 2.47. The summed E-state index contributed by atoms with van der Waals surface area (Å²) in [7, 11) is 0. The molecule has 0 amide bonds. The van der Waals surface area contributed by atoms with Gasteiger partial charge in [-0.15, -0.1) is 6.58 Å². The summed E-state index contributed by atoms with van der Waals surface area (Å²) < 4.78 is 11.3. The van der Waals surface area contributed by atoms with E-state index in [9.17, 15) is 5.11 Å². The van der Waals surface area contributed by atoms with Crippen LogP contribution in [0.5, 0.6) is 0 Å². The Balaban J connectivity index is 1.84. The van der Waals surface area contributed by atoms with Crippen molar-refractivity contribution in [2.45, 2.75) is 18.7 Å². The summed E-state index contributed by atoms with van der Waals surface area (Å²) in [4.78, 5) is 2.21. The number of morpholine rings is 1. The molecule has 1 heterocycles. The molecule has 0 spiro atoms. The lowest BCUT2D eigenvalue weighted by atomic mass is 10.1. The molecule has 1 aromatic carbocycles. The van der Waals surface area contributed by atoms with E-state index < -0.39 is 0 Å². The Kier molecular flexibility index (Phi) is 6.21. The summed E-state index contributed by atoms with van der Waals surface area (Å²) in [6, 6.07) is 10.3. The van der Waals surface area contributed by atoms with E-state index in [1.54, 1.807) is 0 Å². The van der Waals surface area contributed by atoms with Crippen molar-refractivity contribution in [2.75, 3.05) is 33.0 Å². The van der Waals surface area contributed by atoms with E-state index in [-0.39, 0.29) is 18.7 Å². The summed E-state index contributed by atoms with van der Waals surface area (Å²) in [6.45, 7) is 7.03. The maximum atomic E-state index is 9.41. The Morgan fingerprint density at radius 1 is 1.30 bits per heavy atom. The number of aliphatic hydroxyl groups excluding tert-OH is 1. The van der Waals surface area contributed by atoms with E-state index >= 15 is 0 Å². The number of nitrogens with zero attached hydrogens (tertiary/aromatic N) is 1. The number of benzene rings is 1. The second-order valence-corrected chi connectivity index (χ2v) is 5.01. The second kappa shape index (κ2) is 8.17. The van der Waals surface area contributed by atoms with Crippen molar-refractivity contribution in [3.8, 4) is 0 Å². The van der Waals surface area contributed by atoms with Gasteiger partial charge in [0.25, 0.3) is 0 Å². The first-order chi connectivity index (χ1) is 9.85. The summed E-state index contributed by atoms with van der Waals surface area (Å²) in [5.74, 6) is 0. The topological polar surface area (TPSA) is 41.9 Å². The van der Waals surface area contributed by atoms with Gasteiger partial charge in [-0.1, -0.05) is 36.4 Å². The van der Waals surface area contributed by atoms with Crippen LogP contribution >= 0.6 is 0 Å². The van der Waals surface area contributed by atoms with Crippen LogP contribution < -0.4 is 0 Å². The maximum absolute atomic E-state index is 9.41. The van der Waals surface area contributed by atoms with Gasteiger partial charge >= 0.3 is 0 Å². The highest BCUT2D eigenvalue weighted by atomic mass is 16.5. The predicted octanol–water partition coefficient (Wildman–Crippen LogP) is 1.45. The molecule has 1 aliphatic heterocycles. The van der Waals surface area contributed by atoms with E-state index in [1.807, 2.05) is 24.3 Å². The van der Waals surface area contributed by atoms with Crippen LogP contribution in [0.3, 0.4) is 0 Å². The molecule has 4 nitrogen and oxygen atoms in total. The molecule has 0 aliphatic carbocycles. The molecule has 1 fully saturated rings. The number of hydrogen-bond donors (Lipinski definition) is 1. The number of ether oxygens (including phenoxy) is 2. The second-order valence-electron chi connectivity index (χ2n) is 5.01. The van der Waals surface area contributed by atoms with Gasteiger partial charge in [0.05, 0.1) is 45.1 Å². The Labute approximate surface area is 120 Å². The zero-order chi connectivity index (χ0) is 14.2. The maximum Gasteiger partial charge on any atom is 0.0717 e. The van der Waals surface area contributed by atoms with Crippen LogP contribution in [0.2, 0.25) is 0 Å². The van der Waals surface area contributed by atoms with Gasteiger partial charge in [-0.2, -0.15) is 0 Å². The van der Waals surface area contributed by atoms with Gasteiger partial charge in [0.15, 0.2) is 0 Å². The molecule has 1 N–H and O–H groups in total. The van der Waals surface area contributed by atoms with Crippen molar-refractivity contribution < 1.29 is 14.6 Å². The van der Waals surface area contributed by atoms with Crippen LogP contribution in [0.4, 0.5) is 0 Å². The first kappa shape index (κ1) is 15.2. The van der Waals surface area contributed by atoms with Crippen LogP contribution in [0, 0.1) is 0 Å². The Bertz CT molecular complexity index is 396. The first-order valence-corrected chi connectivity index (χ1v) is 7.02. The van der Waals surface area contributed by atoms with Crippen molar-refractivity contribution >= 4 is 0 Å². The Hall–Kier alpha value is -1.20. The van der Waals surface area contributed by atoms with Crippen LogP contribution in [-0.4, -0.2) is 55.1 Å². The highest BCUT2D eigenvalue weighted by Crippen LogP contribution is 2.14. The quantitative estimate of drug-likeness (QED) is 0.766. The highest BCUT2D eigenvalue weighted by Gasteiger charge is 2.29. The van der Waals surface area contributed by atoms with E-state index in [0.29, 0.717) is 26.4 Å². The van der Waals surface area contributed by atoms with Gasteiger partial charge in [0.1, 0.15) is 0 Å². The van der Waals surface area contributed by atoms with Crippen LogP contribution in [0.15, 0.2) is 43.0 Å². The lowest BCUT2D eigenvalue weighted by Gasteiger charge is -2.40. The molecule has 2 atom stereocenters. The fourth-order valence-electron chi connectivity index (χ4n) is 2.47. The monoisotopic (exact) mass is 277 g/mol. The minimum Gasteiger partial charge on any atom is -0.395 e. The Morgan fingerprint density at radius 3 is 2.75 bits per heavy atom. The van der Waals surface area contributed by atoms with Crippen LogP contribution in [-0.2, 0) is 16.1 Å². The van der Waals surface area contributed by atoms with Crippen LogP contribution in [0.25, 0.3) is 0 Å². The number of rotatable bonds is 7.